The maximum absolute atomic E-state index is 13.5. The van der Waals surface area contributed by atoms with Gasteiger partial charge in [0.1, 0.15) is 0 Å². The van der Waals surface area contributed by atoms with Crippen molar-refractivity contribution >= 4 is 28.6 Å². The van der Waals surface area contributed by atoms with Crippen LogP contribution in [0.5, 0.6) is 11.5 Å². The van der Waals surface area contributed by atoms with Crippen LogP contribution in [0.15, 0.2) is 23.8 Å². The number of hydrogen-bond donors (Lipinski definition) is 0. The van der Waals surface area contributed by atoms with Gasteiger partial charge in [0.25, 0.3) is 0 Å². The molecule has 4 fully saturated rings. The SMILES string of the molecule is Br.COc1cc2c(cc1OC)[C@@]13CCN4CC5=CCO[C@H]6CC(=O)N2[C@H]1[C@H]6[C@H]5C[C@H]43. The van der Waals surface area contributed by atoms with Crippen molar-refractivity contribution in [3.63, 3.8) is 0 Å². The lowest BCUT2D eigenvalue weighted by Gasteiger charge is -2.58. The predicted octanol–water partition coefficient (Wildman–Crippen LogP) is 2.69. The van der Waals surface area contributed by atoms with E-state index in [9.17, 15) is 4.79 Å². The van der Waals surface area contributed by atoms with E-state index in [2.05, 4.69) is 21.9 Å². The van der Waals surface area contributed by atoms with Crippen molar-refractivity contribution in [1.82, 2.24) is 4.90 Å². The number of carbonyl (C=O) groups excluding carboxylic acids is 1. The minimum atomic E-state index is -0.0242. The van der Waals surface area contributed by atoms with Crippen molar-refractivity contribution < 1.29 is 19.0 Å². The monoisotopic (exact) mass is 474 g/mol. The van der Waals surface area contributed by atoms with Gasteiger partial charge in [0, 0.05) is 30.0 Å². The van der Waals surface area contributed by atoms with Gasteiger partial charge in [0.2, 0.25) is 5.91 Å². The van der Waals surface area contributed by atoms with Crippen molar-refractivity contribution in [3.8, 4) is 11.5 Å². The highest BCUT2D eigenvalue weighted by Gasteiger charge is 2.71. The van der Waals surface area contributed by atoms with E-state index in [-0.39, 0.29) is 40.4 Å². The summed E-state index contributed by atoms with van der Waals surface area (Å²) in [4.78, 5) is 18.3. The first-order valence-electron chi connectivity index (χ1n) is 10.8. The van der Waals surface area contributed by atoms with Gasteiger partial charge in [0.05, 0.1) is 45.1 Å². The molecule has 6 aliphatic rings. The maximum Gasteiger partial charge on any atom is 0.229 e. The molecule has 0 aromatic heterocycles. The van der Waals surface area contributed by atoms with Crippen molar-refractivity contribution in [1.29, 1.82) is 0 Å². The first-order chi connectivity index (χ1) is 14.2. The summed E-state index contributed by atoms with van der Waals surface area (Å²) < 4.78 is 17.6. The number of carbonyl (C=O) groups is 1. The Labute approximate surface area is 186 Å². The molecule has 6 atom stereocenters. The zero-order chi connectivity index (χ0) is 19.5. The van der Waals surface area contributed by atoms with E-state index in [4.69, 9.17) is 14.2 Å². The normalized spacial score (nSPS) is 39.7. The van der Waals surface area contributed by atoms with Crippen LogP contribution in [0.3, 0.4) is 0 Å². The molecule has 160 valence electrons. The van der Waals surface area contributed by atoms with Crippen LogP contribution in [-0.4, -0.2) is 62.9 Å². The summed E-state index contributed by atoms with van der Waals surface area (Å²) in [6, 6.07) is 4.87. The lowest BCUT2D eigenvalue weighted by molar-refractivity contribution is -0.132. The molecule has 0 radical (unpaired) electrons. The zero-order valence-electron chi connectivity index (χ0n) is 17.3. The Bertz CT molecular complexity index is 980. The summed E-state index contributed by atoms with van der Waals surface area (Å²) in [5.74, 6) is 2.57. The molecule has 2 bridgehead atoms. The van der Waals surface area contributed by atoms with Gasteiger partial charge in [-0.2, -0.15) is 0 Å². The third kappa shape index (κ3) is 2.00. The molecule has 7 heteroatoms. The van der Waals surface area contributed by atoms with Gasteiger partial charge in [-0.15, -0.1) is 17.0 Å². The quantitative estimate of drug-likeness (QED) is 0.616. The molecule has 1 aromatic rings. The molecule has 1 saturated carbocycles. The highest BCUT2D eigenvalue weighted by molar-refractivity contribution is 8.93. The van der Waals surface area contributed by atoms with Gasteiger partial charge in [-0.05, 0) is 36.9 Å². The molecular formula is C23H27BrN2O4. The van der Waals surface area contributed by atoms with Gasteiger partial charge in [0.15, 0.2) is 11.5 Å². The molecule has 0 unspecified atom stereocenters. The van der Waals surface area contributed by atoms with E-state index in [0.29, 0.717) is 36.7 Å². The lowest BCUT2D eigenvalue weighted by atomic mass is 9.53. The van der Waals surface area contributed by atoms with Crippen LogP contribution in [-0.2, 0) is 14.9 Å². The second-order valence-corrected chi connectivity index (χ2v) is 9.48. The second kappa shape index (κ2) is 6.24. The molecule has 30 heavy (non-hydrogen) atoms. The van der Waals surface area contributed by atoms with Gasteiger partial charge in [-0.3, -0.25) is 9.69 Å². The summed E-state index contributed by atoms with van der Waals surface area (Å²) in [7, 11) is 3.36. The van der Waals surface area contributed by atoms with Crippen LogP contribution in [0, 0.1) is 11.8 Å². The molecule has 3 saturated heterocycles. The Kier molecular flexibility index (Phi) is 3.98. The fourth-order valence-corrected chi connectivity index (χ4v) is 7.87. The molecule has 0 N–H and O–H groups in total. The van der Waals surface area contributed by atoms with Gasteiger partial charge >= 0.3 is 0 Å². The molecule has 6 nitrogen and oxygen atoms in total. The molecule has 1 spiro atoms. The van der Waals surface area contributed by atoms with Gasteiger partial charge in [-0.1, -0.05) is 11.6 Å². The van der Waals surface area contributed by atoms with Crippen molar-refractivity contribution in [3.05, 3.63) is 29.3 Å². The van der Waals surface area contributed by atoms with E-state index in [1.807, 2.05) is 6.07 Å². The Hall–Kier alpha value is -1.57. The van der Waals surface area contributed by atoms with E-state index in [0.717, 1.165) is 30.9 Å². The topological polar surface area (TPSA) is 51.2 Å². The number of anilines is 1. The molecule has 1 aliphatic carbocycles. The third-order valence-corrected chi connectivity index (χ3v) is 8.81. The number of methoxy groups -OCH3 is 2. The van der Waals surface area contributed by atoms with Gasteiger partial charge in [-0.25, -0.2) is 0 Å². The van der Waals surface area contributed by atoms with Crippen LogP contribution in [0.4, 0.5) is 5.69 Å². The summed E-state index contributed by atoms with van der Waals surface area (Å²) in [6.45, 7) is 2.80. The molecule has 7 rings (SSSR count). The van der Waals surface area contributed by atoms with E-state index >= 15 is 0 Å². The fourth-order valence-electron chi connectivity index (χ4n) is 7.87. The van der Waals surface area contributed by atoms with Crippen LogP contribution in [0.1, 0.15) is 24.8 Å². The van der Waals surface area contributed by atoms with E-state index in [1.165, 1.54) is 12.0 Å². The second-order valence-electron chi connectivity index (χ2n) is 9.48. The summed E-state index contributed by atoms with van der Waals surface area (Å²) in [5, 5.41) is 0. The summed E-state index contributed by atoms with van der Waals surface area (Å²) in [5.41, 5.74) is 3.85. The summed E-state index contributed by atoms with van der Waals surface area (Å²) >= 11 is 0. The van der Waals surface area contributed by atoms with E-state index < -0.39 is 0 Å². The predicted molar refractivity (Wildman–Crippen MR) is 117 cm³/mol. The molecule has 5 aliphatic heterocycles. The number of ether oxygens (including phenoxy) is 3. The number of fused-ring (bicyclic) bond motifs is 2. The zero-order valence-corrected chi connectivity index (χ0v) is 19.0. The number of benzene rings is 1. The standard InChI is InChI=1S/C23H26N2O4.BrH/c1-27-16-8-14-15(9-17(16)28-2)25-20(26)10-18-21-13-7-19-23(14,22(21)25)4-5-24(19)11-12(13)3-6-29-18;/h3,8-9,13,18-19,21-22H,4-7,10-11H2,1-2H3;1H/t13-,18-,19-,21-,22-,23+;/m0./s1. The van der Waals surface area contributed by atoms with Gasteiger partial charge < -0.3 is 19.1 Å². The van der Waals surface area contributed by atoms with Crippen molar-refractivity contribution in [2.24, 2.45) is 11.8 Å². The Morgan fingerprint density at radius 1 is 1.20 bits per heavy atom. The number of hydrogen-bond acceptors (Lipinski definition) is 5. The smallest absolute Gasteiger partial charge is 0.229 e. The third-order valence-electron chi connectivity index (χ3n) is 8.81. The number of nitrogens with zero attached hydrogens (tertiary/aromatic N) is 2. The van der Waals surface area contributed by atoms with Crippen LogP contribution in [0.2, 0.25) is 0 Å². The van der Waals surface area contributed by atoms with Crippen LogP contribution >= 0.6 is 17.0 Å². The van der Waals surface area contributed by atoms with Crippen molar-refractivity contribution in [2.45, 2.75) is 42.9 Å². The molecule has 1 amide bonds. The van der Waals surface area contributed by atoms with Crippen LogP contribution < -0.4 is 14.4 Å². The Morgan fingerprint density at radius 2 is 2.00 bits per heavy atom. The molecule has 5 heterocycles. The van der Waals surface area contributed by atoms with E-state index in [1.54, 1.807) is 19.8 Å². The largest absolute Gasteiger partial charge is 0.493 e. The number of amides is 1. The average Bonchev–Trinajstić information content (AvgIpc) is 3.20. The number of piperidine rings is 2. The molecule has 1 aromatic carbocycles. The number of halogens is 1. The lowest BCUT2D eigenvalue weighted by Crippen LogP contribution is -2.69. The summed E-state index contributed by atoms with van der Waals surface area (Å²) in [6.07, 6.45) is 5.11. The van der Waals surface area contributed by atoms with Crippen molar-refractivity contribution in [2.75, 3.05) is 38.8 Å². The average molecular weight is 475 g/mol. The fraction of sp³-hybridized carbons (Fsp3) is 0.609. The molecular weight excluding hydrogens is 448 g/mol. The Morgan fingerprint density at radius 3 is 2.80 bits per heavy atom. The first kappa shape index (κ1) is 19.1. The highest BCUT2D eigenvalue weighted by atomic mass is 79.9. The maximum atomic E-state index is 13.5. The Balaban J connectivity index is 0.00000175. The number of rotatable bonds is 2. The first-order valence-corrected chi connectivity index (χ1v) is 10.8. The minimum absolute atomic E-state index is 0. The highest BCUT2D eigenvalue weighted by Crippen LogP contribution is 2.66. The van der Waals surface area contributed by atoms with Crippen LogP contribution in [0.25, 0.3) is 0 Å². The minimum Gasteiger partial charge on any atom is -0.493 e.